The zero-order valence-electron chi connectivity index (χ0n) is 11.3. The molecular weight excluding hydrogens is 277 g/mol. The van der Waals surface area contributed by atoms with Gasteiger partial charge in [-0.15, -0.1) is 0 Å². The molecule has 0 aliphatic carbocycles. The van der Waals surface area contributed by atoms with Gasteiger partial charge in [-0.1, -0.05) is 5.16 Å². The van der Waals surface area contributed by atoms with Crippen molar-refractivity contribution in [1.29, 1.82) is 0 Å². The van der Waals surface area contributed by atoms with E-state index >= 15 is 0 Å². The summed E-state index contributed by atoms with van der Waals surface area (Å²) in [7, 11) is 1.66. The monoisotopic (exact) mass is 289 g/mol. The van der Waals surface area contributed by atoms with Gasteiger partial charge in [0.1, 0.15) is 22.8 Å². The van der Waals surface area contributed by atoms with Crippen molar-refractivity contribution in [3.63, 3.8) is 0 Å². The summed E-state index contributed by atoms with van der Waals surface area (Å²) in [4.78, 5) is 9.45. The zero-order chi connectivity index (χ0) is 15.1. The van der Waals surface area contributed by atoms with E-state index in [4.69, 9.17) is 10.3 Å². The van der Waals surface area contributed by atoms with E-state index in [1.807, 2.05) is 0 Å². The number of halogens is 1. The second-order valence-electron chi connectivity index (χ2n) is 4.55. The lowest BCUT2D eigenvalue weighted by Gasteiger charge is -2.17. The molecule has 0 aliphatic rings. The van der Waals surface area contributed by atoms with E-state index < -0.39 is 5.82 Å². The van der Waals surface area contributed by atoms with E-state index in [-0.39, 0.29) is 28.4 Å². The van der Waals surface area contributed by atoms with Crippen molar-refractivity contribution in [3.05, 3.63) is 29.8 Å². The highest BCUT2D eigenvalue weighted by Gasteiger charge is 2.19. The maximum atomic E-state index is 13.9. The summed E-state index contributed by atoms with van der Waals surface area (Å²) in [5, 5.41) is 14.0. The van der Waals surface area contributed by atoms with E-state index in [1.165, 1.54) is 11.0 Å². The zero-order valence-corrected chi connectivity index (χ0v) is 11.3. The molecule has 3 rings (SSSR count). The number of phenolic OH excluding ortho intramolecular Hbond substituents is 1. The lowest BCUT2D eigenvalue weighted by molar-refractivity contribution is 0.398. The van der Waals surface area contributed by atoms with Crippen LogP contribution in [-0.2, 0) is 0 Å². The van der Waals surface area contributed by atoms with E-state index in [9.17, 15) is 9.50 Å². The fourth-order valence-corrected chi connectivity index (χ4v) is 2.05. The van der Waals surface area contributed by atoms with Crippen LogP contribution in [-0.4, -0.2) is 27.3 Å². The molecule has 0 unspecified atom stereocenters. The summed E-state index contributed by atoms with van der Waals surface area (Å²) in [6.07, 6.45) is 0. The molecule has 0 bridgehead atoms. The predicted octanol–water partition coefficient (Wildman–Crippen LogP) is 2.12. The number of aromatic hydroxyl groups is 1. The number of fused-ring (bicyclic) bond motifs is 1. The smallest absolute Gasteiger partial charge is 0.222 e. The molecule has 0 aliphatic heterocycles. The van der Waals surface area contributed by atoms with Crippen LogP contribution in [0.2, 0.25) is 0 Å². The minimum absolute atomic E-state index is 0.0513. The Morgan fingerprint density at radius 2 is 2.10 bits per heavy atom. The molecule has 8 heteroatoms. The standard InChI is InChI=1S/C13H12FN5O2/c1-6-5-9(18-21-6)19(2)12-10-8(20)4-3-7(14)11(10)16-13(15)17-12/h3-5,20H,1-2H3,(H2,15,16,17). The van der Waals surface area contributed by atoms with Crippen LogP contribution >= 0.6 is 0 Å². The van der Waals surface area contributed by atoms with Crippen LogP contribution in [0.25, 0.3) is 10.9 Å². The molecule has 3 N–H and O–H groups in total. The summed E-state index contributed by atoms with van der Waals surface area (Å²) in [5.74, 6) is 0.461. The highest BCUT2D eigenvalue weighted by molar-refractivity contribution is 5.97. The second kappa shape index (κ2) is 4.58. The van der Waals surface area contributed by atoms with Crippen LogP contribution in [0, 0.1) is 12.7 Å². The Labute approximate surface area is 118 Å². The minimum atomic E-state index is -0.595. The number of aromatic nitrogens is 3. The third-order valence-corrected chi connectivity index (χ3v) is 3.05. The third kappa shape index (κ3) is 2.10. The molecule has 0 spiro atoms. The Morgan fingerprint density at radius 1 is 1.33 bits per heavy atom. The SMILES string of the molecule is Cc1cc(N(C)c2nc(N)nc3c(F)ccc(O)c23)no1. The number of rotatable bonds is 2. The molecule has 0 fully saturated rings. The Morgan fingerprint density at radius 3 is 2.76 bits per heavy atom. The molecule has 0 amide bonds. The Bertz CT molecular complexity index is 833. The van der Waals surface area contributed by atoms with Gasteiger partial charge >= 0.3 is 0 Å². The topological polar surface area (TPSA) is 101 Å². The molecule has 108 valence electrons. The summed E-state index contributed by atoms with van der Waals surface area (Å²) >= 11 is 0. The van der Waals surface area contributed by atoms with Crippen LogP contribution in [0.5, 0.6) is 5.75 Å². The number of phenols is 1. The van der Waals surface area contributed by atoms with Crippen molar-refractivity contribution in [2.45, 2.75) is 6.92 Å². The van der Waals surface area contributed by atoms with Gasteiger partial charge in [0, 0.05) is 13.1 Å². The molecule has 2 heterocycles. The van der Waals surface area contributed by atoms with E-state index in [1.54, 1.807) is 20.0 Å². The molecule has 2 aromatic heterocycles. The van der Waals surface area contributed by atoms with Gasteiger partial charge in [0.15, 0.2) is 11.6 Å². The van der Waals surface area contributed by atoms with Gasteiger partial charge in [-0.05, 0) is 19.1 Å². The second-order valence-corrected chi connectivity index (χ2v) is 4.55. The van der Waals surface area contributed by atoms with Gasteiger partial charge in [-0.3, -0.25) is 0 Å². The van der Waals surface area contributed by atoms with E-state index in [2.05, 4.69) is 15.1 Å². The van der Waals surface area contributed by atoms with Crippen LogP contribution in [0.3, 0.4) is 0 Å². The summed E-state index contributed by atoms with van der Waals surface area (Å²) in [5.41, 5.74) is 5.57. The van der Waals surface area contributed by atoms with Gasteiger partial charge in [-0.2, -0.15) is 4.98 Å². The molecular formula is C13H12FN5O2. The number of nitrogens with two attached hydrogens (primary N) is 1. The molecule has 0 atom stereocenters. The number of hydrogen-bond acceptors (Lipinski definition) is 7. The van der Waals surface area contributed by atoms with Gasteiger partial charge < -0.3 is 20.3 Å². The first-order chi connectivity index (χ1) is 9.97. The van der Waals surface area contributed by atoms with Crippen LogP contribution < -0.4 is 10.6 Å². The lowest BCUT2D eigenvalue weighted by atomic mass is 10.2. The van der Waals surface area contributed by atoms with Gasteiger partial charge in [0.25, 0.3) is 0 Å². The van der Waals surface area contributed by atoms with Crippen molar-refractivity contribution in [2.75, 3.05) is 17.7 Å². The molecule has 0 saturated heterocycles. The number of benzene rings is 1. The van der Waals surface area contributed by atoms with Crippen molar-refractivity contribution in [2.24, 2.45) is 0 Å². The van der Waals surface area contributed by atoms with Crippen molar-refractivity contribution in [3.8, 4) is 5.75 Å². The number of anilines is 3. The average molecular weight is 289 g/mol. The first-order valence-electron chi connectivity index (χ1n) is 6.09. The van der Waals surface area contributed by atoms with Crippen LogP contribution in [0.1, 0.15) is 5.76 Å². The highest BCUT2D eigenvalue weighted by Crippen LogP contribution is 2.35. The van der Waals surface area contributed by atoms with Crippen molar-refractivity contribution >= 4 is 28.5 Å². The molecule has 1 aromatic carbocycles. The molecule has 0 saturated carbocycles. The Hall–Kier alpha value is -2.90. The maximum absolute atomic E-state index is 13.9. The van der Waals surface area contributed by atoms with E-state index in [0.29, 0.717) is 11.6 Å². The number of hydrogen-bond donors (Lipinski definition) is 2. The van der Waals surface area contributed by atoms with Gasteiger partial charge in [-0.25, -0.2) is 9.37 Å². The molecule has 0 radical (unpaired) electrons. The minimum Gasteiger partial charge on any atom is -0.507 e. The van der Waals surface area contributed by atoms with Gasteiger partial charge in [0.05, 0.1) is 5.39 Å². The fraction of sp³-hybridized carbons (Fsp3) is 0.154. The number of nitrogens with zero attached hydrogens (tertiary/aromatic N) is 4. The van der Waals surface area contributed by atoms with Gasteiger partial charge in [0.2, 0.25) is 5.95 Å². The lowest BCUT2D eigenvalue weighted by Crippen LogP contribution is -2.14. The summed E-state index contributed by atoms with van der Waals surface area (Å²) in [6.45, 7) is 1.74. The highest BCUT2D eigenvalue weighted by atomic mass is 19.1. The predicted molar refractivity (Wildman–Crippen MR) is 74.9 cm³/mol. The Kier molecular flexibility index (Phi) is 2.86. The number of nitrogen functional groups attached to an aromatic ring is 1. The number of aryl methyl sites for hydroxylation is 1. The fourth-order valence-electron chi connectivity index (χ4n) is 2.05. The van der Waals surface area contributed by atoms with Crippen molar-refractivity contribution < 1.29 is 14.0 Å². The van der Waals surface area contributed by atoms with Crippen molar-refractivity contribution in [1.82, 2.24) is 15.1 Å². The maximum Gasteiger partial charge on any atom is 0.222 e. The van der Waals surface area contributed by atoms with Crippen LogP contribution in [0.15, 0.2) is 22.7 Å². The molecule has 3 aromatic rings. The quantitative estimate of drug-likeness (QED) is 0.745. The largest absolute Gasteiger partial charge is 0.507 e. The first kappa shape index (κ1) is 13.1. The normalized spacial score (nSPS) is 11.0. The average Bonchev–Trinajstić information content (AvgIpc) is 2.88. The van der Waals surface area contributed by atoms with Crippen LogP contribution in [0.4, 0.5) is 22.0 Å². The molecule has 7 nitrogen and oxygen atoms in total. The summed E-state index contributed by atoms with van der Waals surface area (Å²) in [6, 6.07) is 4.04. The summed E-state index contributed by atoms with van der Waals surface area (Å²) < 4.78 is 18.9. The molecule has 21 heavy (non-hydrogen) atoms. The first-order valence-corrected chi connectivity index (χ1v) is 6.09. The third-order valence-electron chi connectivity index (χ3n) is 3.05. The Balaban J connectivity index is 2.29. The van der Waals surface area contributed by atoms with E-state index in [0.717, 1.165) is 6.07 Å².